The normalized spacial score (nSPS) is 19.1. The third kappa shape index (κ3) is 3.92. The number of nitrogens with one attached hydrogen (secondary N) is 3. The Hall–Kier alpha value is -0.160. The van der Waals surface area contributed by atoms with Crippen molar-refractivity contribution >= 4 is 0 Å². The van der Waals surface area contributed by atoms with Gasteiger partial charge in [0.05, 0.1) is 6.04 Å². The van der Waals surface area contributed by atoms with Crippen molar-refractivity contribution in [3.05, 3.63) is 0 Å². The molecule has 2 atom stereocenters. The maximum atomic E-state index is 6.26. The summed E-state index contributed by atoms with van der Waals surface area (Å²) in [6, 6.07) is 0.201. The van der Waals surface area contributed by atoms with E-state index in [4.69, 9.17) is 5.73 Å². The number of likely N-dealkylation sites (N-methyl/N-ethyl adjacent to an activating group) is 2. The van der Waals surface area contributed by atoms with Crippen molar-refractivity contribution < 1.29 is 0 Å². The van der Waals surface area contributed by atoms with Crippen LogP contribution in [0.5, 0.6) is 0 Å². The van der Waals surface area contributed by atoms with Crippen molar-refractivity contribution in [1.29, 1.82) is 0 Å². The molecule has 0 aliphatic rings. The summed E-state index contributed by atoms with van der Waals surface area (Å²) in [5.74, 6) is -0.568. The molecule has 86 valence electrons. The van der Waals surface area contributed by atoms with E-state index in [-0.39, 0.29) is 11.6 Å². The van der Waals surface area contributed by atoms with Crippen molar-refractivity contribution in [3.63, 3.8) is 0 Å². The molecular weight excluding hydrogens is 176 g/mol. The summed E-state index contributed by atoms with van der Waals surface area (Å²) in [6.07, 6.45) is 0.969. The Labute approximate surface area is 88.0 Å². The Morgan fingerprint density at radius 1 is 1.21 bits per heavy atom. The summed E-state index contributed by atoms with van der Waals surface area (Å²) in [5.41, 5.74) is 6.25. The van der Waals surface area contributed by atoms with E-state index in [1.54, 1.807) is 0 Å². The average molecular weight is 202 g/mol. The predicted octanol–water partition coefficient (Wildman–Crippen LogP) is 0.204. The summed E-state index contributed by atoms with van der Waals surface area (Å²) in [6.45, 7) is 8.43. The molecule has 0 spiro atoms. The van der Waals surface area contributed by atoms with E-state index < -0.39 is 5.79 Å². The van der Waals surface area contributed by atoms with Gasteiger partial charge in [-0.25, -0.2) is 0 Å². The third-order valence-electron chi connectivity index (χ3n) is 2.30. The molecule has 5 N–H and O–H groups in total. The van der Waals surface area contributed by atoms with Gasteiger partial charge < -0.3 is 5.32 Å². The minimum atomic E-state index is -0.568. The van der Waals surface area contributed by atoms with Crippen LogP contribution in [-0.4, -0.2) is 31.5 Å². The van der Waals surface area contributed by atoms with Crippen LogP contribution in [0.25, 0.3) is 0 Å². The molecule has 0 aliphatic heterocycles. The number of hydrogen-bond acceptors (Lipinski definition) is 4. The topological polar surface area (TPSA) is 62.1 Å². The van der Waals surface area contributed by atoms with Gasteiger partial charge in [0, 0.05) is 5.54 Å². The molecule has 0 saturated carbocycles. The van der Waals surface area contributed by atoms with Crippen LogP contribution >= 0.6 is 0 Å². The molecule has 0 fully saturated rings. The van der Waals surface area contributed by atoms with Gasteiger partial charge >= 0.3 is 0 Å². The van der Waals surface area contributed by atoms with Gasteiger partial charge in [0.15, 0.2) is 0 Å². The fourth-order valence-corrected chi connectivity index (χ4v) is 1.70. The van der Waals surface area contributed by atoms with Gasteiger partial charge in [0.1, 0.15) is 5.79 Å². The molecule has 0 aromatic heterocycles. The van der Waals surface area contributed by atoms with Gasteiger partial charge in [-0.05, 0) is 41.3 Å². The molecule has 0 heterocycles. The first-order valence-corrected chi connectivity index (χ1v) is 5.23. The highest BCUT2D eigenvalue weighted by atomic mass is 15.3. The number of rotatable bonds is 5. The molecule has 0 amide bonds. The highest BCUT2D eigenvalue weighted by Crippen LogP contribution is 2.09. The van der Waals surface area contributed by atoms with E-state index in [1.807, 2.05) is 14.1 Å². The Morgan fingerprint density at radius 2 is 1.71 bits per heavy atom. The maximum absolute atomic E-state index is 6.26. The zero-order valence-corrected chi connectivity index (χ0v) is 10.4. The highest BCUT2D eigenvalue weighted by Gasteiger charge is 2.34. The van der Waals surface area contributed by atoms with Crippen LogP contribution in [0.1, 0.15) is 34.1 Å². The lowest BCUT2D eigenvalue weighted by atomic mass is 10.0. The number of hydrogen-bond donors (Lipinski definition) is 4. The van der Waals surface area contributed by atoms with Crippen LogP contribution in [0.15, 0.2) is 0 Å². The lowest BCUT2D eigenvalue weighted by molar-refractivity contribution is 0.155. The minimum Gasteiger partial charge on any atom is -0.313 e. The van der Waals surface area contributed by atoms with E-state index in [0.29, 0.717) is 0 Å². The maximum Gasteiger partial charge on any atom is 0.136 e. The van der Waals surface area contributed by atoms with E-state index in [2.05, 4.69) is 43.6 Å². The monoisotopic (exact) mass is 202 g/mol. The van der Waals surface area contributed by atoms with Crippen molar-refractivity contribution in [1.82, 2.24) is 16.0 Å². The van der Waals surface area contributed by atoms with Crippen molar-refractivity contribution in [2.45, 2.75) is 51.5 Å². The van der Waals surface area contributed by atoms with Crippen LogP contribution in [0.4, 0.5) is 0 Å². The molecule has 0 bridgehead atoms. The van der Waals surface area contributed by atoms with E-state index in [9.17, 15) is 0 Å². The Kier molecular flexibility index (Phi) is 5.01. The molecule has 4 heteroatoms. The van der Waals surface area contributed by atoms with Gasteiger partial charge in [-0.2, -0.15) is 0 Å². The summed E-state index contributed by atoms with van der Waals surface area (Å²) >= 11 is 0. The largest absolute Gasteiger partial charge is 0.313 e. The Balaban J connectivity index is 4.60. The van der Waals surface area contributed by atoms with Gasteiger partial charge in [0.25, 0.3) is 0 Å². The predicted molar refractivity (Wildman–Crippen MR) is 62.0 cm³/mol. The van der Waals surface area contributed by atoms with Crippen LogP contribution < -0.4 is 21.7 Å². The first kappa shape index (κ1) is 13.8. The molecule has 0 aromatic carbocycles. The molecule has 0 rings (SSSR count). The molecular formula is C10H26N4. The van der Waals surface area contributed by atoms with Gasteiger partial charge in [0.2, 0.25) is 0 Å². The summed E-state index contributed by atoms with van der Waals surface area (Å²) in [4.78, 5) is 0. The second-order valence-corrected chi connectivity index (χ2v) is 4.74. The average Bonchev–Trinajstić information content (AvgIpc) is 2.03. The Bertz CT molecular complexity index is 160. The van der Waals surface area contributed by atoms with Gasteiger partial charge in [-0.1, -0.05) is 6.92 Å². The third-order valence-corrected chi connectivity index (χ3v) is 2.30. The smallest absolute Gasteiger partial charge is 0.136 e. The summed E-state index contributed by atoms with van der Waals surface area (Å²) in [7, 11) is 3.80. The SMILES string of the molecule is CCC(NC)C(N)(NC)NC(C)(C)C. The zero-order valence-electron chi connectivity index (χ0n) is 10.4. The van der Waals surface area contributed by atoms with E-state index in [0.717, 1.165) is 6.42 Å². The second-order valence-electron chi connectivity index (χ2n) is 4.74. The lowest BCUT2D eigenvalue weighted by Crippen LogP contribution is -2.75. The van der Waals surface area contributed by atoms with Crippen molar-refractivity contribution in [3.8, 4) is 0 Å². The molecule has 4 nitrogen and oxygen atoms in total. The van der Waals surface area contributed by atoms with Crippen LogP contribution in [0.3, 0.4) is 0 Å². The molecule has 0 radical (unpaired) electrons. The second kappa shape index (κ2) is 5.07. The fraction of sp³-hybridized carbons (Fsp3) is 1.00. The zero-order chi connectivity index (χ0) is 11.4. The highest BCUT2D eigenvalue weighted by molar-refractivity contribution is 4.93. The Morgan fingerprint density at radius 3 is 1.93 bits per heavy atom. The first-order chi connectivity index (χ1) is 6.29. The first-order valence-electron chi connectivity index (χ1n) is 5.23. The van der Waals surface area contributed by atoms with Gasteiger partial charge in [-0.15, -0.1) is 0 Å². The molecule has 2 unspecified atom stereocenters. The van der Waals surface area contributed by atoms with Crippen LogP contribution in [0.2, 0.25) is 0 Å². The van der Waals surface area contributed by atoms with Gasteiger partial charge in [-0.3, -0.25) is 16.4 Å². The lowest BCUT2D eigenvalue weighted by Gasteiger charge is -2.42. The van der Waals surface area contributed by atoms with E-state index in [1.165, 1.54) is 0 Å². The number of nitrogens with two attached hydrogens (primary N) is 1. The minimum absolute atomic E-state index is 0.0119. The van der Waals surface area contributed by atoms with Crippen molar-refractivity contribution in [2.24, 2.45) is 5.73 Å². The fourth-order valence-electron chi connectivity index (χ4n) is 1.70. The van der Waals surface area contributed by atoms with Crippen LogP contribution in [-0.2, 0) is 0 Å². The quantitative estimate of drug-likeness (QED) is 0.481. The molecule has 0 aliphatic carbocycles. The summed E-state index contributed by atoms with van der Waals surface area (Å²) in [5, 5.41) is 9.75. The standard InChI is InChI=1S/C10H26N4/c1-7-8(12-5)10(11,13-6)14-9(2,3)4/h8,12-14H,7,11H2,1-6H3. The van der Waals surface area contributed by atoms with Crippen molar-refractivity contribution in [2.75, 3.05) is 14.1 Å². The van der Waals surface area contributed by atoms with E-state index >= 15 is 0 Å². The summed E-state index contributed by atoms with van der Waals surface area (Å²) < 4.78 is 0. The molecule has 14 heavy (non-hydrogen) atoms. The molecule has 0 aromatic rings. The molecule has 0 saturated heterocycles. The van der Waals surface area contributed by atoms with Crippen LogP contribution in [0, 0.1) is 0 Å².